The summed E-state index contributed by atoms with van der Waals surface area (Å²) in [5.41, 5.74) is 2.73. The summed E-state index contributed by atoms with van der Waals surface area (Å²) in [6.45, 7) is 0. The van der Waals surface area contributed by atoms with Crippen molar-refractivity contribution in [2.75, 3.05) is 5.75 Å². The number of fused-ring (bicyclic) bond motifs is 3. The largest absolute Gasteiger partial charge is 0.346 e. The third kappa shape index (κ3) is 3.29. The van der Waals surface area contributed by atoms with E-state index in [2.05, 4.69) is 20.3 Å². The van der Waals surface area contributed by atoms with E-state index in [0.29, 0.717) is 0 Å². The molecule has 9 heteroatoms. The number of nitrogens with one attached hydrogen (secondary N) is 1. The number of benzene rings is 1. The highest BCUT2D eigenvalue weighted by molar-refractivity contribution is 7.91. The number of hydrogen-bond acceptors (Lipinski definition) is 5. The fraction of sp³-hybridized carbons (Fsp3) is 0.350. The van der Waals surface area contributed by atoms with Gasteiger partial charge in [0.1, 0.15) is 23.3 Å². The minimum atomic E-state index is -3.42. The van der Waals surface area contributed by atoms with E-state index >= 15 is 0 Å². The van der Waals surface area contributed by atoms with Crippen LogP contribution in [0, 0.1) is 11.7 Å². The topological polar surface area (TPSA) is 93.0 Å². The average molecular weight is 413 g/mol. The van der Waals surface area contributed by atoms with Crippen LogP contribution in [-0.2, 0) is 9.84 Å². The van der Waals surface area contributed by atoms with Gasteiger partial charge in [-0.25, -0.2) is 22.3 Å². The molecule has 0 saturated heterocycles. The van der Waals surface area contributed by atoms with Crippen molar-refractivity contribution in [2.24, 2.45) is 5.92 Å². The zero-order valence-corrected chi connectivity index (χ0v) is 16.4. The molecule has 1 aromatic carbocycles. The standard InChI is InChI=1S/C20H20FN5O2S/c21-15-5-7-16(8-6-15)29(27,28)11-13-1-3-14(4-2-13)18-19-17-9-10-22-20(17)23-12-26(19)25-24-18/h5-10,12-14,22H,1-4,11H2. The summed E-state index contributed by atoms with van der Waals surface area (Å²) < 4.78 is 40.1. The number of halogens is 1. The van der Waals surface area contributed by atoms with Crippen molar-refractivity contribution in [3.8, 4) is 0 Å². The van der Waals surface area contributed by atoms with Crippen LogP contribution in [0.15, 0.2) is 47.8 Å². The highest BCUT2D eigenvalue weighted by Crippen LogP contribution is 2.38. The molecule has 1 aliphatic carbocycles. The van der Waals surface area contributed by atoms with E-state index in [1.165, 1.54) is 24.3 Å². The molecule has 0 atom stereocenters. The van der Waals surface area contributed by atoms with Gasteiger partial charge in [0.2, 0.25) is 0 Å². The van der Waals surface area contributed by atoms with Gasteiger partial charge in [0.05, 0.1) is 16.3 Å². The first-order valence-electron chi connectivity index (χ1n) is 9.66. The van der Waals surface area contributed by atoms with Gasteiger partial charge in [-0.15, -0.1) is 5.10 Å². The summed E-state index contributed by atoms with van der Waals surface area (Å²) in [6.07, 6.45) is 6.87. The van der Waals surface area contributed by atoms with E-state index in [0.717, 1.165) is 47.9 Å². The molecular weight excluding hydrogens is 393 g/mol. The molecule has 7 nitrogen and oxygen atoms in total. The van der Waals surface area contributed by atoms with E-state index < -0.39 is 15.7 Å². The second kappa shape index (κ2) is 6.91. The number of sulfone groups is 1. The molecule has 1 saturated carbocycles. The first kappa shape index (κ1) is 18.2. The summed E-state index contributed by atoms with van der Waals surface area (Å²) in [6, 6.07) is 7.05. The van der Waals surface area contributed by atoms with Gasteiger partial charge in [0.15, 0.2) is 9.84 Å². The second-order valence-electron chi connectivity index (χ2n) is 7.71. The van der Waals surface area contributed by atoms with Crippen LogP contribution in [0.1, 0.15) is 37.3 Å². The molecule has 3 heterocycles. The van der Waals surface area contributed by atoms with Crippen molar-refractivity contribution in [2.45, 2.75) is 36.5 Å². The second-order valence-corrected chi connectivity index (χ2v) is 9.74. The summed E-state index contributed by atoms with van der Waals surface area (Å²) in [7, 11) is -3.42. The van der Waals surface area contributed by atoms with Gasteiger partial charge in [-0.1, -0.05) is 5.21 Å². The maximum atomic E-state index is 13.1. The molecule has 0 aliphatic heterocycles. The molecule has 29 heavy (non-hydrogen) atoms. The SMILES string of the molecule is O=S(=O)(CC1CCC(c2nnn3cnc4[nH]ccc4c23)CC1)c1ccc(F)cc1. The van der Waals surface area contributed by atoms with E-state index in [1.54, 1.807) is 10.8 Å². The van der Waals surface area contributed by atoms with Gasteiger partial charge in [-0.2, -0.15) is 0 Å². The molecule has 0 amide bonds. The molecule has 0 radical (unpaired) electrons. The van der Waals surface area contributed by atoms with Gasteiger partial charge < -0.3 is 4.98 Å². The third-order valence-electron chi connectivity index (χ3n) is 5.86. The molecule has 3 aromatic heterocycles. The number of aromatic amines is 1. The van der Waals surface area contributed by atoms with E-state index in [-0.39, 0.29) is 22.5 Å². The Hall–Kier alpha value is -2.81. The van der Waals surface area contributed by atoms with Gasteiger partial charge in [-0.05, 0) is 61.9 Å². The third-order valence-corrected chi connectivity index (χ3v) is 7.76. The molecule has 0 unspecified atom stereocenters. The maximum Gasteiger partial charge on any atom is 0.178 e. The number of nitrogens with zero attached hydrogens (tertiary/aromatic N) is 4. The van der Waals surface area contributed by atoms with Crippen molar-refractivity contribution in [1.82, 2.24) is 24.8 Å². The van der Waals surface area contributed by atoms with Gasteiger partial charge in [-0.3, -0.25) is 0 Å². The first-order valence-corrected chi connectivity index (χ1v) is 11.3. The minimum Gasteiger partial charge on any atom is -0.346 e. The highest BCUT2D eigenvalue weighted by Gasteiger charge is 2.30. The van der Waals surface area contributed by atoms with Crippen LogP contribution in [0.25, 0.3) is 16.6 Å². The number of H-pyrrole nitrogens is 1. The Kier molecular flexibility index (Phi) is 4.34. The monoisotopic (exact) mass is 413 g/mol. The van der Waals surface area contributed by atoms with Crippen LogP contribution < -0.4 is 0 Å². The molecule has 4 aromatic rings. The molecule has 1 fully saturated rings. The molecular formula is C20H20FN5O2S. The van der Waals surface area contributed by atoms with E-state index in [1.807, 2.05) is 12.3 Å². The fourth-order valence-electron chi connectivity index (χ4n) is 4.34. The van der Waals surface area contributed by atoms with Crippen molar-refractivity contribution in [1.29, 1.82) is 0 Å². The highest BCUT2D eigenvalue weighted by atomic mass is 32.2. The van der Waals surface area contributed by atoms with Crippen LogP contribution in [0.2, 0.25) is 0 Å². The first-order chi connectivity index (χ1) is 14.0. The maximum absolute atomic E-state index is 13.1. The summed E-state index contributed by atoms with van der Waals surface area (Å²) in [5, 5.41) is 9.62. The summed E-state index contributed by atoms with van der Waals surface area (Å²) >= 11 is 0. The predicted molar refractivity (Wildman–Crippen MR) is 106 cm³/mol. The van der Waals surface area contributed by atoms with Crippen molar-refractivity contribution >= 4 is 26.4 Å². The Morgan fingerprint density at radius 1 is 1.10 bits per heavy atom. The van der Waals surface area contributed by atoms with Gasteiger partial charge in [0, 0.05) is 17.5 Å². The fourth-order valence-corrected chi connectivity index (χ4v) is 6.04. The van der Waals surface area contributed by atoms with Gasteiger partial charge >= 0.3 is 0 Å². The molecule has 1 aliphatic rings. The quantitative estimate of drug-likeness (QED) is 0.517. The zero-order valence-electron chi connectivity index (χ0n) is 15.6. The van der Waals surface area contributed by atoms with Crippen LogP contribution in [0.4, 0.5) is 4.39 Å². The number of rotatable bonds is 4. The Balaban J connectivity index is 1.33. The Bertz CT molecular complexity index is 1270. The van der Waals surface area contributed by atoms with Gasteiger partial charge in [0.25, 0.3) is 0 Å². The minimum absolute atomic E-state index is 0.0945. The Morgan fingerprint density at radius 3 is 2.62 bits per heavy atom. The normalized spacial score (nSPS) is 20.4. The molecule has 0 spiro atoms. The average Bonchev–Trinajstić information content (AvgIpc) is 3.35. The van der Waals surface area contributed by atoms with Crippen LogP contribution >= 0.6 is 0 Å². The van der Waals surface area contributed by atoms with Crippen LogP contribution in [0.3, 0.4) is 0 Å². The lowest BCUT2D eigenvalue weighted by Crippen LogP contribution is -2.22. The van der Waals surface area contributed by atoms with Crippen molar-refractivity contribution in [3.05, 3.63) is 54.4 Å². The summed E-state index contributed by atoms with van der Waals surface area (Å²) in [5.74, 6) is 0.00596. The lowest BCUT2D eigenvalue weighted by atomic mass is 9.81. The number of hydrogen-bond donors (Lipinski definition) is 1. The lowest BCUT2D eigenvalue weighted by molar-refractivity contribution is 0.345. The number of aromatic nitrogens is 5. The molecule has 0 bridgehead atoms. The van der Waals surface area contributed by atoms with Crippen molar-refractivity contribution < 1.29 is 12.8 Å². The van der Waals surface area contributed by atoms with Crippen LogP contribution in [-0.4, -0.2) is 39.0 Å². The molecule has 1 N–H and O–H groups in total. The smallest absolute Gasteiger partial charge is 0.178 e. The van der Waals surface area contributed by atoms with E-state index in [9.17, 15) is 12.8 Å². The van der Waals surface area contributed by atoms with E-state index in [4.69, 9.17) is 0 Å². The van der Waals surface area contributed by atoms with Crippen molar-refractivity contribution in [3.63, 3.8) is 0 Å². The summed E-state index contributed by atoms with van der Waals surface area (Å²) in [4.78, 5) is 7.63. The molecule has 5 rings (SSSR count). The van der Waals surface area contributed by atoms with Crippen LogP contribution in [0.5, 0.6) is 0 Å². The zero-order chi connectivity index (χ0) is 20.0. The molecule has 150 valence electrons. The Morgan fingerprint density at radius 2 is 1.86 bits per heavy atom. The Labute approximate surface area is 166 Å². The predicted octanol–water partition coefficient (Wildman–Crippen LogP) is 3.49. The lowest BCUT2D eigenvalue weighted by Gasteiger charge is -2.27.